The van der Waals surface area contributed by atoms with Crippen molar-refractivity contribution in [2.45, 2.75) is 26.2 Å². The van der Waals surface area contributed by atoms with E-state index in [9.17, 15) is 4.79 Å². The molecule has 0 bridgehead atoms. The van der Waals surface area contributed by atoms with Gasteiger partial charge in [-0.1, -0.05) is 31.5 Å². The Morgan fingerprint density at radius 3 is 2.77 bits per heavy atom. The van der Waals surface area contributed by atoms with Crippen LogP contribution in [0, 0.1) is 0 Å². The molecule has 3 aromatic rings. The molecule has 4 heteroatoms. The number of benzene rings is 1. The summed E-state index contributed by atoms with van der Waals surface area (Å²) in [6, 6.07) is 13.8. The minimum Gasteiger partial charge on any atom is -0.326 e. The van der Waals surface area contributed by atoms with Crippen LogP contribution < -0.4 is 5.32 Å². The summed E-state index contributed by atoms with van der Waals surface area (Å²) in [6.45, 7) is 2.16. The van der Waals surface area contributed by atoms with E-state index in [2.05, 4.69) is 29.4 Å². The van der Waals surface area contributed by atoms with Gasteiger partial charge in [0, 0.05) is 23.8 Å². The smallest absolute Gasteiger partial charge is 0.230 e. The lowest BCUT2D eigenvalue weighted by atomic mass is 10.1. The van der Waals surface area contributed by atoms with E-state index in [-0.39, 0.29) is 5.91 Å². The van der Waals surface area contributed by atoms with Crippen LogP contribution in [0.4, 0.5) is 5.69 Å². The monoisotopic (exact) mass is 293 g/mol. The van der Waals surface area contributed by atoms with Gasteiger partial charge in [-0.05, 0) is 36.2 Å². The van der Waals surface area contributed by atoms with Crippen molar-refractivity contribution in [2.24, 2.45) is 0 Å². The molecule has 112 valence electrons. The lowest BCUT2D eigenvalue weighted by Gasteiger charge is -2.08. The van der Waals surface area contributed by atoms with Crippen LogP contribution in [0.25, 0.3) is 5.65 Å². The second-order valence-corrected chi connectivity index (χ2v) is 5.34. The second-order valence-electron chi connectivity index (χ2n) is 5.34. The fraction of sp³-hybridized carbons (Fsp3) is 0.222. The summed E-state index contributed by atoms with van der Waals surface area (Å²) in [6.07, 6.45) is 6.13. The third kappa shape index (κ3) is 3.17. The molecule has 0 saturated carbocycles. The number of anilines is 1. The molecule has 0 atom stereocenters. The lowest BCUT2D eigenvalue weighted by molar-refractivity contribution is -0.115. The minimum atomic E-state index is -0.0237. The highest BCUT2D eigenvalue weighted by Crippen LogP contribution is 2.12. The number of amides is 1. The highest BCUT2D eigenvalue weighted by molar-refractivity contribution is 5.92. The van der Waals surface area contributed by atoms with Crippen LogP contribution in [0.3, 0.4) is 0 Å². The first-order valence-electron chi connectivity index (χ1n) is 7.56. The Morgan fingerprint density at radius 2 is 2.00 bits per heavy atom. The first kappa shape index (κ1) is 14.3. The number of imidazole rings is 1. The number of nitrogens with zero attached hydrogens (tertiary/aromatic N) is 2. The van der Waals surface area contributed by atoms with Crippen molar-refractivity contribution in [1.82, 2.24) is 9.38 Å². The second kappa shape index (κ2) is 6.43. The molecule has 0 aliphatic carbocycles. The van der Waals surface area contributed by atoms with Gasteiger partial charge in [-0.15, -0.1) is 0 Å². The molecular weight excluding hydrogens is 274 g/mol. The molecule has 3 rings (SSSR count). The molecule has 22 heavy (non-hydrogen) atoms. The van der Waals surface area contributed by atoms with E-state index in [0.29, 0.717) is 6.42 Å². The molecule has 0 radical (unpaired) electrons. The number of hydrogen-bond acceptors (Lipinski definition) is 2. The average Bonchev–Trinajstić information content (AvgIpc) is 2.99. The molecule has 0 fully saturated rings. The zero-order valence-electron chi connectivity index (χ0n) is 12.6. The molecule has 0 spiro atoms. The third-order valence-corrected chi connectivity index (χ3v) is 3.63. The highest BCUT2D eigenvalue weighted by atomic mass is 16.1. The van der Waals surface area contributed by atoms with Crippen molar-refractivity contribution >= 4 is 17.2 Å². The fourth-order valence-electron chi connectivity index (χ4n) is 2.56. The van der Waals surface area contributed by atoms with E-state index >= 15 is 0 Å². The first-order chi connectivity index (χ1) is 10.8. The van der Waals surface area contributed by atoms with E-state index in [1.807, 2.05) is 40.9 Å². The number of aryl methyl sites for hydroxylation is 1. The standard InChI is InChI=1S/C18H19N3O/c1-2-4-14-7-9-15(10-8-14)20-18(22)13-16-5-3-6-17-19-11-12-21(16)17/h3,5-12H,2,4,13H2,1H3,(H,20,22). The van der Waals surface area contributed by atoms with Crippen LogP contribution in [0.15, 0.2) is 54.9 Å². The predicted octanol–water partition coefficient (Wildman–Crippen LogP) is 3.47. The number of carbonyl (C=O) groups excluding carboxylic acids is 1. The zero-order valence-corrected chi connectivity index (χ0v) is 12.6. The fourth-order valence-corrected chi connectivity index (χ4v) is 2.56. The van der Waals surface area contributed by atoms with Gasteiger partial charge in [0.1, 0.15) is 5.65 Å². The van der Waals surface area contributed by atoms with Gasteiger partial charge in [-0.25, -0.2) is 4.98 Å². The van der Waals surface area contributed by atoms with Gasteiger partial charge in [-0.2, -0.15) is 0 Å². The number of fused-ring (bicyclic) bond motifs is 1. The Kier molecular flexibility index (Phi) is 4.19. The maximum atomic E-state index is 12.2. The lowest BCUT2D eigenvalue weighted by Crippen LogP contribution is -2.16. The summed E-state index contributed by atoms with van der Waals surface area (Å²) in [4.78, 5) is 16.4. The Morgan fingerprint density at radius 1 is 1.18 bits per heavy atom. The Labute approximate surface area is 129 Å². The molecule has 0 aliphatic heterocycles. The van der Waals surface area contributed by atoms with Crippen LogP contribution in [-0.4, -0.2) is 15.3 Å². The summed E-state index contributed by atoms with van der Waals surface area (Å²) < 4.78 is 1.93. The highest BCUT2D eigenvalue weighted by Gasteiger charge is 2.07. The number of aromatic nitrogens is 2. The molecule has 2 heterocycles. The van der Waals surface area contributed by atoms with E-state index in [0.717, 1.165) is 29.9 Å². The Balaban J connectivity index is 1.68. The maximum absolute atomic E-state index is 12.2. The summed E-state index contributed by atoms with van der Waals surface area (Å²) in [5.41, 5.74) is 3.91. The van der Waals surface area contributed by atoms with Crippen LogP contribution in [0.1, 0.15) is 24.6 Å². The Bertz CT molecular complexity index is 774. The van der Waals surface area contributed by atoms with Gasteiger partial charge in [0.05, 0.1) is 6.42 Å². The number of rotatable bonds is 5. The molecule has 1 amide bonds. The van der Waals surface area contributed by atoms with Crippen molar-refractivity contribution in [2.75, 3.05) is 5.32 Å². The molecule has 0 unspecified atom stereocenters. The molecule has 4 nitrogen and oxygen atoms in total. The topological polar surface area (TPSA) is 46.4 Å². The quantitative estimate of drug-likeness (QED) is 0.783. The SMILES string of the molecule is CCCc1ccc(NC(=O)Cc2cccc3nccn23)cc1. The van der Waals surface area contributed by atoms with Crippen LogP contribution in [-0.2, 0) is 17.6 Å². The van der Waals surface area contributed by atoms with Gasteiger partial charge >= 0.3 is 0 Å². The van der Waals surface area contributed by atoms with Crippen molar-refractivity contribution < 1.29 is 4.79 Å². The van der Waals surface area contributed by atoms with Crippen molar-refractivity contribution in [3.05, 3.63) is 66.1 Å². The van der Waals surface area contributed by atoms with Gasteiger partial charge in [0.25, 0.3) is 0 Å². The molecule has 1 N–H and O–H groups in total. The van der Waals surface area contributed by atoms with Gasteiger partial charge in [-0.3, -0.25) is 4.79 Å². The van der Waals surface area contributed by atoms with E-state index in [1.165, 1.54) is 5.56 Å². The van der Waals surface area contributed by atoms with Gasteiger partial charge in [0.2, 0.25) is 5.91 Å². The van der Waals surface area contributed by atoms with Crippen molar-refractivity contribution in [1.29, 1.82) is 0 Å². The van der Waals surface area contributed by atoms with E-state index in [1.54, 1.807) is 6.20 Å². The summed E-state index contributed by atoms with van der Waals surface area (Å²) >= 11 is 0. The minimum absolute atomic E-state index is 0.0237. The predicted molar refractivity (Wildman–Crippen MR) is 88.0 cm³/mol. The number of carbonyl (C=O) groups is 1. The molecule has 1 aromatic carbocycles. The number of pyridine rings is 1. The number of hydrogen-bond donors (Lipinski definition) is 1. The zero-order chi connectivity index (χ0) is 15.4. The summed E-state index contributed by atoms with van der Waals surface area (Å²) in [5, 5.41) is 2.94. The maximum Gasteiger partial charge on any atom is 0.230 e. The first-order valence-corrected chi connectivity index (χ1v) is 7.56. The van der Waals surface area contributed by atoms with E-state index in [4.69, 9.17) is 0 Å². The van der Waals surface area contributed by atoms with Crippen LogP contribution >= 0.6 is 0 Å². The van der Waals surface area contributed by atoms with Crippen molar-refractivity contribution in [3.63, 3.8) is 0 Å². The van der Waals surface area contributed by atoms with E-state index < -0.39 is 0 Å². The molecule has 0 saturated heterocycles. The Hall–Kier alpha value is -2.62. The number of nitrogens with one attached hydrogen (secondary N) is 1. The van der Waals surface area contributed by atoms with Gasteiger partial charge in [0.15, 0.2) is 0 Å². The van der Waals surface area contributed by atoms with Gasteiger partial charge < -0.3 is 9.72 Å². The summed E-state index contributed by atoms with van der Waals surface area (Å²) in [7, 11) is 0. The van der Waals surface area contributed by atoms with Crippen molar-refractivity contribution in [3.8, 4) is 0 Å². The average molecular weight is 293 g/mol. The summed E-state index contributed by atoms with van der Waals surface area (Å²) in [5.74, 6) is -0.0237. The third-order valence-electron chi connectivity index (χ3n) is 3.63. The van der Waals surface area contributed by atoms with Crippen LogP contribution in [0.2, 0.25) is 0 Å². The van der Waals surface area contributed by atoms with Crippen LogP contribution in [0.5, 0.6) is 0 Å². The molecule has 0 aliphatic rings. The normalized spacial score (nSPS) is 10.8. The molecular formula is C18H19N3O. The largest absolute Gasteiger partial charge is 0.326 e. The molecule has 2 aromatic heterocycles.